The average Bonchev–Trinajstić information content (AvgIpc) is 2.56. The maximum Gasteiger partial charge on any atom is 0.416 e. The minimum absolute atomic E-state index is 0.0192. The van der Waals surface area contributed by atoms with Gasteiger partial charge in [0, 0.05) is 12.0 Å². The number of rotatable bonds is 5. The number of alkyl halides is 3. The normalized spacial score (nSPS) is 12.5. The van der Waals surface area contributed by atoms with Crippen LogP contribution in [0.25, 0.3) is 0 Å². The van der Waals surface area contributed by atoms with Crippen molar-refractivity contribution in [2.75, 3.05) is 0 Å². The third-order valence-electron chi connectivity index (χ3n) is 4.18. The summed E-state index contributed by atoms with van der Waals surface area (Å²) in [5, 5.41) is 2.50. The van der Waals surface area contributed by atoms with Gasteiger partial charge in [0.1, 0.15) is 6.04 Å². The van der Waals surface area contributed by atoms with E-state index in [2.05, 4.69) is 5.32 Å². The van der Waals surface area contributed by atoms with Crippen LogP contribution in [0, 0.1) is 13.8 Å². The van der Waals surface area contributed by atoms with Crippen LogP contribution in [-0.4, -0.2) is 17.9 Å². The summed E-state index contributed by atoms with van der Waals surface area (Å²) in [6.45, 7) is 3.77. The van der Waals surface area contributed by atoms with Gasteiger partial charge in [0.25, 0.3) is 5.91 Å². The molecular weight excluding hydrogens is 345 g/mol. The minimum Gasteiger partial charge on any atom is -0.368 e. The molecule has 0 aromatic heterocycles. The van der Waals surface area contributed by atoms with Gasteiger partial charge in [0.05, 0.1) is 5.56 Å². The maximum absolute atomic E-state index is 12.6. The van der Waals surface area contributed by atoms with Gasteiger partial charge in [0.15, 0.2) is 0 Å². The quantitative estimate of drug-likeness (QED) is 0.856. The first-order valence-electron chi connectivity index (χ1n) is 7.92. The number of hydrogen-bond donors (Lipinski definition) is 2. The van der Waals surface area contributed by atoms with Crippen molar-refractivity contribution in [1.82, 2.24) is 5.32 Å². The Morgan fingerprint density at radius 2 is 1.58 bits per heavy atom. The van der Waals surface area contributed by atoms with E-state index in [9.17, 15) is 22.8 Å². The summed E-state index contributed by atoms with van der Waals surface area (Å²) >= 11 is 0. The zero-order valence-electron chi connectivity index (χ0n) is 14.4. The summed E-state index contributed by atoms with van der Waals surface area (Å²) in [6, 6.07) is 8.46. The Bertz CT molecular complexity index is 794. The van der Waals surface area contributed by atoms with E-state index in [1.807, 2.05) is 32.0 Å². The highest BCUT2D eigenvalue weighted by atomic mass is 19.4. The molecule has 0 aliphatic heterocycles. The molecule has 2 amide bonds. The van der Waals surface area contributed by atoms with E-state index in [1.54, 1.807) is 0 Å². The highest BCUT2D eigenvalue weighted by Gasteiger charge is 2.30. The molecular formula is C19H19F3N2O2. The van der Waals surface area contributed by atoms with E-state index in [-0.39, 0.29) is 12.0 Å². The van der Waals surface area contributed by atoms with Crippen LogP contribution in [0.4, 0.5) is 13.2 Å². The van der Waals surface area contributed by atoms with Crippen LogP contribution in [0.1, 0.15) is 32.6 Å². The number of aryl methyl sites for hydroxylation is 2. The molecule has 138 valence electrons. The molecule has 2 rings (SSSR count). The molecule has 0 spiro atoms. The number of halogens is 3. The summed E-state index contributed by atoms with van der Waals surface area (Å²) in [5.74, 6) is -1.37. The van der Waals surface area contributed by atoms with Crippen LogP contribution in [-0.2, 0) is 17.4 Å². The van der Waals surface area contributed by atoms with E-state index >= 15 is 0 Å². The van der Waals surface area contributed by atoms with Gasteiger partial charge in [-0.1, -0.05) is 18.2 Å². The average molecular weight is 364 g/mol. The summed E-state index contributed by atoms with van der Waals surface area (Å²) in [4.78, 5) is 24.0. The Kier molecular flexibility index (Phi) is 5.69. The Hall–Kier alpha value is -2.83. The smallest absolute Gasteiger partial charge is 0.368 e. The van der Waals surface area contributed by atoms with Crippen molar-refractivity contribution in [1.29, 1.82) is 0 Å². The fourth-order valence-corrected chi connectivity index (χ4v) is 2.65. The molecule has 0 aliphatic rings. The van der Waals surface area contributed by atoms with Crippen molar-refractivity contribution < 1.29 is 22.8 Å². The second kappa shape index (κ2) is 7.59. The van der Waals surface area contributed by atoms with E-state index in [0.717, 1.165) is 41.0 Å². The maximum atomic E-state index is 12.6. The summed E-state index contributed by atoms with van der Waals surface area (Å²) < 4.78 is 37.8. The first-order chi connectivity index (χ1) is 12.1. The lowest BCUT2D eigenvalue weighted by molar-refractivity contribution is -0.137. The second-order valence-corrected chi connectivity index (χ2v) is 6.08. The lowest BCUT2D eigenvalue weighted by Crippen LogP contribution is -2.46. The van der Waals surface area contributed by atoms with E-state index < -0.39 is 29.6 Å². The number of amides is 2. The Balaban J connectivity index is 2.17. The molecule has 4 nitrogen and oxygen atoms in total. The summed E-state index contributed by atoms with van der Waals surface area (Å²) in [6.07, 6.45) is -4.27. The van der Waals surface area contributed by atoms with E-state index in [4.69, 9.17) is 5.73 Å². The van der Waals surface area contributed by atoms with Gasteiger partial charge in [-0.3, -0.25) is 9.59 Å². The number of hydrogen-bond acceptors (Lipinski definition) is 2. The number of benzene rings is 2. The van der Waals surface area contributed by atoms with Gasteiger partial charge < -0.3 is 11.1 Å². The highest BCUT2D eigenvalue weighted by molar-refractivity contribution is 5.97. The molecule has 0 heterocycles. The number of carbonyl (C=O) groups excluding carboxylic acids is 2. The summed E-state index contributed by atoms with van der Waals surface area (Å²) in [5.41, 5.74) is 7.37. The Morgan fingerprint density at radius 1 is 1.04 bits per heavy atom. The highest BCUT2D eigenvalue weighted by Crippen LogP contribution is 2.29. The molecule has 0 aliphatic carbocycles. The van der Waals surface area contributed by atoms with Gasteiger partial charge in [-0.15, -0.1) is 0 Å². The standard InChI is InChI=1S/C19H19F3N2O2/c1-11-4-3-5-12(2)15(11)10-16(17(23)25)24-18(26)13-6-8-14(9-7-13)19(20,21)22/h3-9,16H,10H2,1-2H3,(H2,23,25)(H,24,26)/t16-/m1/s1. The number of carbonyl (C=O) groups is 2. The number of nitrogens with one attached hydrogen (secondary N) is 1. The van der Waals surface area contributed by atoms with Crippen LogP contribution in [0.5, 0.6) is 0 Å². The first kappa shape index (κ1) is 19.5. The lowest BCUT2D eigenvalue weighted by Gasteiger charge is -2.18. The predicted molar refractivity (Wildman–Crippen MR) is 91.5 cm³/mol. The molecule has 2 aromatic rings. The van der Waals surface area contributed by atoms with Crippen LogP contribution >= 0.6 is 0 Å². The lowest BCUT2D eigenvalue weighted by atomic mass is 9.96. The number of nitrogens with two attached hydrogens (primary N) is 1. The fraction of sp³-hybridized carbons (Fsp3) is 0.263. The van der Waals surface area contributed by atoms with Gasteiger partial charge >= 0.3 is 6.18 Å². The van der Waals surface area contributed by atoms with Crippen molar-refractivity contribution in [3.8, 4) is 0 Å². The van der Waals surface area contributed by atoms with E-state index in [1.165, 1.54) is 0 Å². The third-order valence-corrected chi connectivity index (χ3v) is 4.18. The van der Waals surface area contributed by atoms with Crippen LogP contribution in [0.3, 0.4) is 0 Å². The van der Waals surface area contributed by atoms with Gasteiger partial charge in [-0.05, 0) is 54.8 Å². The number of primary amides is 1. The van der Waals surface area contributed by atoms with Crippen molar-refractivity contribution in [2.45, 2.75) is 32.5 Å². The molecule has 0 saturated carbocycles. The van der Waals surface area contributed by atoms with Crippen molar-refractivity contribution in [3.05, 3.63) is 70.3 Å². The molecule has 0 unspecified atom stereocenters. The van der Waals surface area contributed by atoms with Gasteiger partial charge in [-0.2, -0.15) is 13.2 Å². The van der Waals surface area contributed by atoms with Crippen molar-refractivity contribution >= 4 is 11.8 Å². The molecule has 26 heavy (non-hydrogen) atoms. The molecule has 0 radical (unpaired) electrons. The topological polar surface area (TPSA) is 72.2 Å². The largest absolute Gasteiger partial charge is 0.416 e. The zero-order valence-corrected chi connectivity index (χ0v) is 14.4. The Labute approximate surface area is 149 Å². The molecule has 0 fully saturated rings. The second-order valence-electron chi connectivity index (χ2n) is 6.08. The molecule has 3 N–H and O–H groups in total. The van der Waals surface area contributed by atoms with Gasteiger partial charge in [-0.25, -0.2) is 0 Å². The van der Waals surface area contributed by atoms with Crippen molar-refractivity contribution in [2.24, 2.45) is 5.73 Å². The first-order valence-corrected chi connectivity index (χ1v) is 7.92. The molecule has 7 heteroatoms. The molecule has 1 atom stereocenters. The predicted octanol–water partition coefficient (Wildman–Crippen LogP) is 3.15. The molecule has 0 bridgehead atoms. The Morgan fingerprint density at radius 3 is 2.04 bits per heavy atom. The monoisotopic (exact) mass is 364 g/mol. The van der Waals surface area contributed by atoms with Crippen molar-refractivity contribution in [3.63, 3.8) is 0 Å². The van der Waals surface area contributed by atoms with Crippen LogP contribution < -0.4 is 11.1 Å². The van der Waals surface area contributed by atoms with E-state index in [0.29, 0.717) is 0 Å². The van der Waals surface area contributed by atoms with Crippen LogP contribution in [0.15, 0.2) is 42.5 Å². The molecule has 2 aromatic carbocycles. The minimum atomic E-state index is -4.48. The molecule has 0 saturated heterocycles. The van der Waals surface area contributed by atoms with Gasteiger partial charge in [0.2, 0.25) is 5.91 Å². The third kappa shape index (κ3) is 4.62. The van der Waals surface area contributed by atoms with Crippen LogP contribution in [0.2, 0.25) is 0 Å². The summed E-state index contributed by atoms with van der Waals surface area (Å²) in [7, 11) is 0. The zero-order chi connectivity index (χ0) is 19.5. The fourth-order valence-electron chi connectivity index (χ4n) is 2.65. The SMILES string of the molecule is Cc1cccc(C)c1C[C@@H](NC(=O)c1ccc(C(F)(F)F)cc1)C(N)=O.